The zero-order chi connectivity index (χ0) is 18.8. The first-order valence-corrected chi connectivity index (χ1v) is 7.44. The second-order valence-corrected chi connectivity index (χ2v) is 4.60. The molecular weight excluding hydrogens is 391 g/mol. The topological polar surface area (TPSA) is 86.2 Å². The van der Waals surface area contributed by atoms with Gasteiger partial charge in [-0.2, -0.15) is 63.1 Å². The molecule has 132 valence electrons. The van der Waals surface area contributed by atoms with Gasteiger partial charge in [0, 0.05) is 11.4 Å². The predicted octanol–water partition coefficient (Wildman–Crippen LogP) is 3.91. The Labute approximate surface area is 171 Å². The maximum absolute atomic E-state index is 9.95. The van der Waals surface area contributed by atoms with Crippen LogP contribution in [0.15, 0.2) is 48.5 Å². The van der Waals surface area contributed by atoms with E-state index in [0.29, 0.717) is 22.5 Å². The number of nitrogens with two attached hydrogens (primary N) is 2. The molecule has 0 fully saturated rings. The summed E-state index contributed by atoms with van der Waals surface area (Å²) in [5, 5.41) is 0. The van der Waals surface area contributed by atoms with Crippen LogP contribution < -0.4 is 11.5 Å². The van der Waals surface area contributed by atoms with Gasteiger partial charge in [-0.3, -0.25) is 0 Å². The van der Waals surface area contributed by atoms with Gasteiger partial charge >= 0.3 is 26.2 Å². The molecule has 0 saturated carbocycles. The maximum atomic E-state index is 9.95. The van der Waals surface area contributed by atoms with E-state index in [1.54, 1.807) is 61.1 Å². The smallest absolute Gasteiger partial charge is 0.400 e. The normalized spacial score (nSPS) is 7.84. The van der Waals surface area contributed by atoms with E-state index in [9.17, 15) is 9.59 Å². The summed E-state index contributed by atoms with van der Waals surface area (Å²) in [5.74, 6) is 0. The second kappa shape index (κ2) is 20.3. The predicted molar refractivity (Wildman–Crippen MR) is 103 cm³/mol. The summed E-state index contributed by atoms with van der Waals surface area (Å²) in [4.78, 5) is 19.9. The van der Waals surface area contributed by atoms with Crippen LogP contribution in [-0.4, -0.2) is 12.6 Å². The standard InChI is InChI=1S/2C7H6NO.2C3H7.Zr/c2*8-7-3-1-6(5-9)2-4-7;2*1-3-2;/h2*1-4H,8H2;2*3H,1-2H3;/q4*-1;+4. The molecule has 0 aliphatic heterocycles. The van der Waals surface area contributed by atoms with E-state index in [0.717, 1.165) is 0 Å². The van der Waals surface area contributed by atoms with Gasteiger partial charge < -0.3 is 33.9 Å². The molecule has 25 heavy (non-hydrogen) atoms. The van der Waals surface area contributed by atoms with Gasteiger partial charge in [-0.25, -0.2) is 0 Å². The molecule has 0 saturated heterocycles. The third-order valence-electron chi connectivity index (χ3n) is 2.06. The van der Waals surface area contributed by atoms with Gasteiger partial charge in [0.25, 0.3) is 0 Å². The summed E-state index contributed by atoms with van der Waals surface area (Å²) in [6, 6.07) is 13.2. The molecule has 0 aromatic heterocycles. The Morgan fingerprint density at radius 2 is 0.840 bits per heavy atom. The molecule has 0 atom stereocenters. The number of hydrogen-bond acceptors (Lipinski definition) is 4. The molecule has 0 aliphatic rings. The van der Waals surface area contributed by atoms with E-state index < -0.39 is 0 Å². The van der Waals surface area contributed by atoms with E-state index in [1.807, 2.05) is 40.5 Å². The minimum absolute atomic E-state index is 0. The van der Waals surface area contributed by atoms with Crippen molar-refractivity contribution in [2.45, 2.75) is 27.7 Å². The van der Waals surface area contributed by atoms with E-state index >= 15 is 0 Å². The number of hydrogen-bond donors (Lipinski definition) is 2. The number of nitrogen functional groups attached to an aromatic ring is 2. The van der Waals surface area contributed by atoms with Crippen molar-refractivity contribution in [3.8, 4) is 0 Å². The number of carbonyl (C=O) groups excluding carboxylic acids is 2. The van der Waals surface area contributed by atoms with E-state index in [2.05, 4.69) is 0 Å². The van der Waals surface area contributed by atoms with Crippen molar-refractivity contribution in [2.24, 2.45) is 0 Å². The molecule has 0 bridgehead atoms. The van der Waals surface area contributed by atoms with Gasteiger partial charge in [-0.1, -0.05) is 24.3 Å². The molecule has 0 amide bonds. The molecule has 0 radical (unpaired) electrons. The Morgan fingerprint density at radius 3 is 1.00 bits per heavy atom. The zero-order valence-corrected chi connectivity index (χ0v) is 17.7. The molecule has 0 aliphatic carbocycles. The van der Waals surface area contributed by atoms with Crippen molar-refractivity contribution >= 4 is 23.9 Å². The van der Waals surface area contributed by atoms with E-state index in [-0.39, 0.29) is 26.2 Å². The van der Waals surface area contributed by atoms with Crippen LogP contribution in [0.25, 0.3) is 0 Å². The van der Waals surface area contributed by atoms with Gasteiger partial charge in [0.15, 0.2) is 0 Å². The molecule has 4 nitrogen and oxygen atoms in total. The summed E-state index contributed by atoms with van der Waals surface area (Å²) < 4.78 is 0. The van der Waals surface area contributed by atoms with Crippen LogP contribution in [0.3, 0.4) is 0 Å². The fourth-order valence-corrected chi connectivity index (χ4v) is 1.10. The maximum Gasteiger partial charge on any atom is 4.00 e. The molecule has 0 heterocycles. The van der Waals surface area contributed by atoms with Gasteiger partial charge in [0.1, 0.15) is 0 Å². The molecule has 2 aromatic carbocycles. The third kappa shape index (κ3) is 18.4. The molecule has 2 rings (SSSR count). The van der Waals surface area contributed by atoms with Crippen LogP contribution in [0, 0.1) is 12.8 Å². The Balaban J connectivity index is -0.000000287. The summed E-state index contributed by atoms with van der Waals surface area (Å²) in [7, 11) is 0. The van der Waals surface area contributed by atoms with Crippen molar-refractivity contribution in [2.75, 3.05) is 11.5 Å². The number of anilines is 2. The van der Waals surface area contributed by atoms with Crippen LogP contribution in [0.5, 0.6) is 0 Å². The molecule has 2 aromatic rings. The monoisotopic (exact) mass is 416 g/mol. The Kier molecular flexibility index (Phi) is 22.8. The number of benzene rings is 2. The van der Waals surface area contributed by atoms with Crippen LogP contribution in [0.2, 0.25) is 0 Å². The van der Waals surface area contributed by atoms with Gasteiger partial charge in [-0.05, 0) is 0 Å². The van der Waals surface area contributed by atoms with Crippen molar-refractivity contribution < 1.29 is 35.8 Å². The average Bonchev–Trinajstić information content (AvgIpc) is 2.58. The Morgan fingerprint density at radius 1 is 0.640 bits per heavy atom. The van der Waals surface area contributed by atoms with E-state index in [4.69, 9.17) is 11.5 Å². The van der Waals surface area contributed by atoms with Crippen molar-refractivity contribution in [1.82, 2.24) is 0 Å². The van der Waals surface area contributed by atoms with Crippen molar-refractivity contribution in [3.63, 3.8) is 0 Å². The summed E-state index contributed by atoms with van der Waals surface area (Å²) in [6.45, 7) is 8.00. The molecule has 5 heteroatoms. The number of rotatable bonds is 2. The van der Waals surface area contributed by atoms with Gasteiger partial charge in [0.05, 0.1) is 12.6 Å². The van der Waals surface area contributed by atoms with Crippen LogP contribution in [0.4, 0.5) is 11.4 Å². The fraction of sp³-hybridized carbons (Fsp3) is 0.200. The second-order valence-electron chi connectivity index (χ2n) is 4.60. The summed E-state index contributed by atoms with van der Waals surface area (Å²) in [6.07, 6.45) is 7.50. The van der Waals surface area contributed by atoms with Gasteiger partial charge in [-0.15, -0.1) is 0 Å². The Hall–Kier alpha value is -1.74. The SMILES string of the molecule is C[CH-]C.C[CH-]C.Nc1ccc([C-]=O)cc1.Nc1ccc([C-]=O)cc1.[Zr+4]. The molecule has 0 spiro atoms. The summed E-state index contributed by atoms with van der Waals surface area (Å²) in [5.41, 5.74) is 13.1. The van der Waals surface area contributed by atoms with Crippen molar-refractivity contribution in [3.05, 3.63) is 72.5 Å². The molecule has 0 unspecified atom stereocenters. The first-order chi connectivity index (χ1) is 11.5. The fourth-order valence-electron chi connectivity index (χ4n) is 1.10. The summed E-state index contributed by atoms with van der Waals surface area (Å²) >= 11 is 0. The largest absolute Gasteiger partial charge is 4.00 e. The van der Waals surface area contributed by atoms with Crippen LogP contribution >= 0.6 is 0 Å². The minimum atomic E-state index is 0. The first-order valence-electron chi connectivity index (χ1n) is 7.44. The Bertz CT molecular complexity index is 489. The van der Waals surface area contributed by atoms with Gasteiger partial charge in [0.2, 0.25) is 0 Å². The average molecular weight is 418 g/mol. The zero-order valence-electron chi connectivity index (χ0n) is 15.2. The first kappa shape index (κ1) is 28.1. The van der Waals surface area contributed by atoms with E-state index in [1.165, 1.54) is 0 Å². The third-order valence-corrected chi connectivity index (χ3v) is 2.06. The molecular formula is C20H26N2O2Zr. The van der Waals surface area contributed by atoms with Crippen LogP contribution in [-0.2, 0) is 35.8 Å². The molecule has 4 N–H and O–H groups in total. The van der Waals surface area contributed by atoms with Crippen molar-refractivity contribution in [1.29, 1.82) is 0 Å². The van der Waals surface area contributed by atoms with Crippen LogP contribution in [0.1, 0.15) is 38.8 Å². The quantitative estimate of drug-likeness (QED) is 0.573. The minimum Gasteiger partial charge on any atom is -0.400 e.